The van der Waals surface area contributed by atoms with Crippen LogP contribution < -0.4 is 10.5 Å². The Morgan fingerprint density at radius 3 is 2.49 bits per heavy atom. The highest BCUT2D eigenvalue weighted by Gasteiger charge is 2.34. The van der Waals surface area contributed by atoms with E-state index in [0.717, 1.165) is 67.0 Å². The monoisotopic (exact) mass is 501 g/mol. The third-order valence-corrected chi connectivity index (χ3v) is 7.88. The first-order chi connectivity index (χ1) is 18.1. The molecule has 2 aliphatic rings. The Kier molecular flexibility index (Phi) is 6.46. The van der Waals surface area contributed by atoms with E-state index in [2.05, 4.69) is 43.3 Å². The second-order valence-electron chi connectivity index (χ2n) is 10.3. The number of anilines is 1. The van der Waals surface area contributed by atoms with Gasteiger partial charge in [0.15, 0.2) is 5.82 Å². The molecule has 1 saturated carbocycles. The lowest BCUT2D eigenvalue weighted by molar-refractivity contribution is 0.192. The summed E-state index contributed by atoms with van der Waals surface area (Å²) in [6, 6.07) is 14.6. The molecular weight excluding hydrogens is 469 g/mol. The molecule has 9 heteroatoms. The van der Waals surface area contributed by atoms with Crippen LogP contribution in [0.25, 0.3) is 10.9 Å². The number of hydrogen-bond donors (Lipinski definition) is 1. The molecule has 1 unspecified atom stereocenters. The minimum Gasteiger partial charge on any atom is -0.369 e. The van der Waals surface area contributed by atoms with Crippen molar-refractivity contribution < 1.29 is 4.39 Å². The summed E-state index contributed by atoms with van der Waals surface area (Å²) >= 11 is 0. The van der Waals surface area contributed by atoms with Crippen molar-refractivity contribution in [2.75, 3.05) is 31.1 Å². The molecule has 2 fully saturated rings. The molecule has 1 N–H and O–H groups in total. The number of fused-ring (bicyclic) bond motifs is 1. The Balaban J connectivity index is 1.38. The zero-order valence-electron chi connectivity index (χ0n) is 21.1. The average Bonchev–Trinajstić information content (AvgIpc) is 3.40. The van der Waals surface area contributed by atoms with E-state index in [0.29, 0.717) is 5.56 Å². The Morgan fingerprint density at radius 2 is 1.73 bits per heavy atom. The molecule has 2 aromatic carbocycles. The number of rotatable bonds is 5. The quantitative estimate of drug-likeness (QED) is 0.437. The molecule has 0 bridgehead atoms. The molecule has 4 aromatic rings. The first kappa shape index (κ1) is 23.8. The number of aryl methyl sites for hydroxylation is 1. The molecule has 1 saturated heterocycles. The molecule has 8 nitrogen and oxygen atoms in total. The highest BCUT2D eigenvalue weighted by atomic mass is 19.1. The Morgan fingerprint density at radius 1 is 0.973 bits per heavy atom. The van der Waals surface area contributed by atoms with Crippen molar-refractivity contribution in [1.82, 2.24) is 30.1 Å². The zero-order valence-corrected chi connectivity index (χ0v) is 21.1. The van der Waals surface area contributed by atoms with E-state index in [4.69, 9.17) is 0 Å². The molecule has 1 atom stereocenters. The highest BCUT2D eigenvalue weighted by Crippen LogP contribution is 2.34. The lowest BCUT2D eigenvalue weighted by Crippen LogP contribution is -2.49. The Hall–Kier alpha value is -3.59. The lowest BCUT2D eigenvalue weighted by atomic mass is 9.95. The van der Waals surface area contributed by atoms with Gasteiger partial charge in [0.25, 0.3) is 5.56 Å². The largest absolute Gasteiger partial charge is 0.369 e. The van der Waals surface area contributed by atoms with Gasteiger partial charge in [0, 0.05) is 42.9 Å². The number of benzene rings is 2. The molecule has 37 heavy (non-hydrogen) atoms. The number of piperazine rings is 1. The minimum atomic E-state index is -0.360. The van der Waals surface area contributed by atoms with Gasteiger partial charge in [-0.1, -0.05) is 30.9 Å². The van der Waals surface area contributed by atoms with Crippen molar-refractivity contribution in [3.05, 3.63) is 81.7 Å². The van der Waals surface area contributed by atoms with E-state index < -0.39 is 0 Å². The maximum atomic E-state index is 13.5. The summed E-state index contributed by atoms with van der Waals surface area (Å²) in [5.74, 6) is 0.502. The van der Waals surface area contributed by atoms with Gasteiger partial charge in [-0.3, -0.25) is 9.69 Å². The third kappa shape index (κ3) is 4.75. The standard InChI is InChI=1S/C28H32FN7O/c1-19-7-12-25-20(17-19)18-24(28(37)30-25)26(27-31-32-33-36(27)23-5-3-2-4-6-23)35-15-13-34(14-16-35)22-10-8-21(29)9-11-22/h7-12,17-18,23,26H,2-6,13-16H2,1H3,(H,30,37). The molecule has 192 valence electrons. The van der Waals surface area contributed by atoms with E-state index >= 15 is 0 Å². The van der Waals surface area contributed by atoms with Crippen molar-refractivity contribution in [3.63, 3.8) is 0 Å². The van der Waals surface area contributed by atoms with Crippen LogP contribution in [-0.4, -0.2) is 56.3 Å². The van der Waals surface area contributed by atoms with Crippen molar-refractivity contribution in [2.24, 2.45) is 0 Å². The van der Waals surface area contributed by atoms with Gasteiger partial charge in [0.05, 0.1) is 6.04 Å². The topological polar surface area (TPSA) is 82.9 Å². The number of nitrogens with one attached hydrogen (secondary N) is 1. The number of nitrogens with zero attached hydrogens (tertiary/aromatic N) is 6. The maximum Gasteiger partial charge on any atom is 0.253 e. The van der Waals surface area contributed by atoms with Crippen molar-refractivity contribution >= 4 is 16.6 Å². The predicted octanol–water partition coefficient (Wildman–Crippen LogP) is 4.38. The summed E-state index contributed by atoms with van der Waals surface area (Å²) in [6.45, 7) is 5.03. The number of tetrazole rings is 1. The summed E-state index contributed by atoms with van der Waals surface area (Å²) in [4.78, 5) is 21.2. The molecule has 1 aliphatic heterocycles. The van der Waals surface area contributed by atoms with Gasteiger partial charge in [0.2, 0.25) is 0 Å². The average molecular weight is 502 g/mol. The van der Waals surface area contributed by atoms with Crippen LogP contribution in [0.15, 0.2) is 53.3 Å². The number of H-pyrrole nitrogens is 1. The normalized spacial score (nSPS) is 18.4. The fourth-order valence-electron chi connectivity index (χ4n) is 5.90. The number of halogens is 1. The summed E-state index contributed by atoms with van der Waals surface area (Å²) in [5, 5.41) is 14.0. The second kappa shape index (κ2) is 10.0. The van der Waals surface area contributed by atoms with Crippen LogP contribution in [0.2, 0.25) is 0 Å². The number of aromatic nitrogens is 5. The van der Waals surface area contributed by atoms with Gasteiger partial charge in [0.1, 0.15) is 11.9 Å². The summed E-state index contributed by atoms with van der Waals surface area (Å²) in [6.07, 6.45) is 5.68. The molecule has 0 radical (unpaired) electrons. The molecule has 0 spiro atoms. The van der Waals surface area contributed by atoms with Gasteiger partial charge < -0.3 is 9.88 Å². The van der Waals surface area contributed by atoms with E-state index in [-0.39, 0.29) is 23.5 Å². The van der Waals surface area contributed by atoms with Crippen LogP contribution in [0.1, 0.15) is 61.1 Å². The zero-order chi connectivity index (χ0) is 25.4. The van der Waals surface area contributed by atoms with Gasteiger partial charge in [-0.25, -0.2) is 9.07 Å². The predicted molar refractivity (Wildman–Crippen MR) is 141 cm³/mol. The maximum absolute atomic E-state index is 13.5. The molecule has 1 aliphatic carbocycles. The lowest BCUT2D eigenvalue weighted by Gasteiger charge is -2.40. The smallest absolute Gasteiger partial charge is 0.253 e. The van der Waals surface area contributed by atoms with E-state index in [1.165, 1.54) is 31.4 Å². The van der Waals surface area contributed by atoms with Crippen LogP contribution in [0.3, 0.4) is 0 Å². The van der Waals surface area contributed by atoms with Crippen LogP contribution >= 0.6 is 0 Å². The van der Waals surface area contributed by atoms with E-state index in [1.807, 2.05) is 35.0 Å². The van der Waals surface area contributed by atoms with Crippen LogP contribution in [-0.2, 0) is 0 Å². The first-order valence-electron chi connectivity index (χ1n) is 13.2. The van der Waals surface area contributed by atoms with Crippen LogP contribution in [0.5, 0.6) is 0 Å². The molecule has 6 rings (SSSR count). The molecule has 0 amide bonds. The Bertz CT molecular complexity index is 1430. The highest BCUT2D eigenvalue weighted by molar-refractivity contribution is 5.79. The van der Waals surface area contributed by atoms with Crippen molar-refractivity contribution in [1.29, 1.82) is 0 Å². The fourth-order valence-corrected chi connectivity index (χ4v) is 5.90. The summed E-state index contributed by atoms with van der Waals surface area (Å²) in [7, 11) is 0. The van der Waals surface area contributed by atoms with Gasteiger partial charge in [-0.05, 0) is 78.0 Å². The van der Waals surface area contributed by atoms with Crippen molar-refractivity contribution in [3.8, 4) is 0 Å². The molecular formula is C28H32FN7O. The number of aromatic amines is 1. The van der Waals surface area contributed by atoms with Crippen LogP contribution in [0, 0.1) is 12.7 Å². The second-order valence-corrected chi connectivity index (χ2v) is 10.3. The van der Waals surface area contributed by atoms with Gasteiger partial charge in [-0.15, -0.1) is 5.10 Å². The SMILES string of the molecule is Cc1ccc2[nH]c(=O)c(C(c3nnnn3C3CCCCC3)N3CCN(c4ccc(F)cc4)CC3)cc2c1. The third-order valence-electron chi connectivity index (χ3n) is 7.88. The molecule has 2 aromatic heterocycles. The number of hydrogen-bond acceptors (Lipinski definition) is 6. The van der Waals surface area contributed by atoms with Gasteiger partial charge >= 0.3 is 0 Å². The van der Waals surface area contributed by atoms with E-state index in [9.17, 15) is 9.18 Å². The number of pyridine rings is 1. The fraction of sp³-hybridized carbons (Fsp3) is 0.429. The van der Waals surface area contributed by atoms with Gasteiger partial charge in [-0.2, -0.15) is 0 Å². The van der Waals surface area contributed by atoms with Crippen LogP contribution in [0.4, 0.5) is 10.1 Å². The summed E-state index contributed by atoms with van der Waals surface area (Å²) in [5.41, 5.74) is 3.53. The molecule has 3 heterocycles. The van der Waals surface area contributed by atoms with E-state index in [1.54, 1.807) is 0 Å². The van der Waals surface area contributed by atoms with Crippen molar-refractivity contribution in [2.45, 2.75) is 51.1 Å². The first-order valence-corrected chi connectivity index (χ1v) is 13.2. The Labute approximate surface area is 215 Å². The summed E-state index contributed by atoms with van der Waals surface area (Å²) < 4.78 is 15.4. The minimum absolute atomic E-state index is 0.111.